The normalized spacial score (nSPS) is 14.2. The summed E-state index contributed by atoms with van der Waals surface area (Å²) in [5.41, 5.74) is 2.48. The van der Waals surface area contributed by atoms with E-state index >= 15 is 0 Å². The van der Waals surface area contributed by atoms with Crippen LogP contribution in [0, 0.1) is 17.8 Å². The minimum Gasteiger partial charge on any atom is -0.458 e. The van der Waals surface area contributed by atoms with Crippen LogP contribution in [0.15, 0.2) is 152 Å². The van der Waals surface area contributed by atoms with Crippen molar-refractivity contribution in [3.8, 4) is 11.8 Å². The molecule has 17 nitrogen and oxygen atoms in total. The SMILES string of the molecule is CC(C)[C@H](NC(=O)CCC[C@H](OCc1ccccc1)[C@H](OCc1ccccc1)[C@H](OCc1ccccc1)[C@@H](OCc1ccccc1)[C@@H](OCc1ccccc1)[C@H](O)CC#CCCCCCCCCCCCCC(=O)N[C@@H](CCCNC(=O)OC(C)(C)C)C(=O)OC(C)(C)C)C(=O)OC(C)(C)C. The lowest BCUT2D eigenvalue weighted by Crippen LogP contribution is -2.56. The molecule has 0 saturated carbocycles. The van der Waals surface area contributed by atoms with Crippen LogP contribution in [0.3, 0.4) is 0 Å². The number of carbonyl (C=O) groups is 5. The number of hydrogen-bond donors (Lipinski definition) is 4. The highest BCUT2D eigenvalue weighted by Gasteiger charge is 2.45. The van der Waals surface area contributed by atoms with Gasteiger partial charge in [-0.1, -0.05) is 217 Å². The molecule has 0 aliphatic carbocycles. The summed E-state index contributed by atoms with van der Waals surface area (Å²) in [5, 5.41) is 21.3. The zero-order valence-corrected chi connectivity index (χ0v) is 62.4. The van der Waals surface area contributed by atoms with Crippen LogP contribution in [0.5, 0.6) is 0 Å². The molecule has 17 heteroatoms. The van der Waals surface area contributed by atoms with E-state index < -0.39 is 83.5 Å². The second-order valence-electron chi connectivity index (χ2n) is 29.5. The number of hydrogen-bond acceptors (Lipinski definition) is 14. The van der Waals surface area contributed by atoms with E-state index in [4.69, 9.17) is 37.9 Å². The van der Waals surface area contributed by atoms with E-state index in [0.29, 0.717) is 45.1 Å². The van der Waals surface area contributed by atoms with Crippen molar-refractivity contribution in [3.05, 3.63) is 179 Å². The molecule has 0 fully saturated rings. The monoisotopic (exact) mass is 1390 g/mol. The predicted octanol–water partition coefficient (Wildman–Crippen LogP) is 16.1. The number of alkyl carbamates (subject to hydrolysis) is 1. The molecule has 4 N–H and O–H groups in total. The molecule has 3 amide bonds. The van der Waals surface area contributed by atoms with Gasteiger partial charge in [-0.05, 0) is 135 Å². The van der Waals surface area contributed by atoms with Crippen molar-refractivity contribution in [3.63, 3.8) is 0 Å². The average Bonchev–Trinajstić information content (AvgIpc) is 0.808. The second kappa shape index (κ2) is 46.2. The minimum absolute atomic E-state index is 0.0743. The van der Waals surface area contributed by atoms with Crippen molar-refractivity contribution in [2.75, 3.05) is 6.54 Å². The van der Waals surface area contributed by atoms with Gasteiger partial charge < -0.3 is 59.0 Å². The van der Waals surface area contributed by atoms with Gasteiger partial charge in [0.15, 0.2) is 0 Å². The molecule has 0 aliphatic rings. The van der Waals surface area contributed by atoms with Crippen LogP contribution in [-0.2, 0) is 90.1 Å². The summed E-state index contributed by atoms with van der Waals surface area (Å²) >= 11 is 0. The summed E-state index contributed by atoms with van der Waals surface area (Å²) in [6.45, 7) is 21.0. The fourth-order valence-electron chi connectivity index (χ4n) is 11.3. The minimum atomic E-state index is -1.16. The molecule has 5 aromatic carbocycles. The van der Waals surface area contributed by atoms with Crippen molar-refractivity contribution >= 4 is 29.8 Å². The highest BCUT2D eigenvalue weighted by molar-refractivity contribution is 5.85. The van der Waals surface area contributed by atoms with E-state index in [-0.39, 0.29) is 63.6 Å². The molecule has 0 spiro atoms. The average molecular weight is 1390 g/mol. The maximum Gasteiger partial charge on any atom is 0.407 e. The molecule has 5 rings (SSSR count). The van der Waals surface area contributed by atoms with Crippen molar-refractivity contribution in [2.24, 2.45) is 5.92 Å². The Hall–Kier alpha value is -7.43. The maximum atomic E-state index is 14.0. The van der Waals surface area contributed by atoms with Crippen LogP contribution < -0.4 is 16.0 Å². The third-order valence-corrected chi connectivity index (χ3v) is 16.5. The maximum absolute atomic E-state index is 14.0. The Morgan fingerprint density at radius 2 is 0.782 bits per heavy atom. The fraction of sp³-hybridized carbons (Fsp3) is 0.560. The molecule has 554 valence electrons. The first kappa shape index (κ1) is 84.2. The number of nitrogens with one attached hydrogen (secondary N) is 3. The Morgan fingerprint density at radius 3 is 1.23 bits per heavy atom. The first-order valence-corrected chi connectivity index (χ1v) is 36.7. The second-order valence-corrected chi connectivity index (χ2v) is 29.5. The zero-order valence-electron chi connectivity index (χ0n) is 62.4. The lowest BCUT2D eigenvalue weighted by atomic mass is 9.92. The summed E-state index contributed by atoms with van der Waals surface area (Å²) in [5.74, 6) is 5.00. The lowest BCUT2D eigenvalue weighted by molar-refractivity contribution is -0.227. The van der Waals surface area contributed by atoms with Crippen LogP contribution in [0.1, 0.15) is 220 Å². The molecule has 0 heterocycles. The first-order valence-electron chi connectivity index (χ1n) is 36.7. The van der Waals surface area contributed by atoms with Gasteiger partial charge in [0.25, 0.3) is 0 Å². The predicted molar refractivity (Wildman–Crippen MR) is 397 cm³/mol. The first-order chi connectivity index (χ1) is 48.3. The smallest absolute Gasteiger partial charge is 0.407 e. The number of carbonyl (C=O) groups excluding carboxylic acids is 5. The molecule has 0 bridgehead atoms. The van der Waals surface area contributed by atoms with E-state index in [2.05, 4.69) is 27.8 Å². The summed E-state index contributed by atoms with van der Waals surface area (Å²) in [6, 6.07) is 47.7. The summed E-state index contributed by atoms with van der Waals surface area (Å²) in [4.78, 5) is 65.6. The molecule has 0 saturated heterocycles. The van der Waals surface area contributed by atoms with Gasteiger partial charge in [-0.2, -0.15) is 0 Å². The van der Waals surface area contributed by atoms with E-state index in [1.165, 1.54) is 0 Å². The van der Waals surface area contributed by atoms with Gasteiger partial charge >= 0.3 is 18.0 Å². The van der Waals surface area contributed by atoms with Gasteiger partial charge in [0.2, 0.25) is 11.8 Å². The highest BCUT2D eigenvalue weighted by atomic mass is 16.6. The summed E-state index contributed by atoms with van der Waals surface area (Å²) in [7, 11) is 0. The van der Waals surface area contributed by atoms with Gasteiger partial charge in [0, 0.05) is 32.2 Å². The Morgan fingerprint density at radius 1 is 0.406 bits per heavy atom. The molecule has 5 aromatic rings. The Balaban J connectivity index is 1.30. The molecular weight excluding hydrogens is 1270 g/mol. The topological polar surface area (TPSA) is 216 Å². The van der Waals surface area contributed by atoms with Crippen molar-refractivity contribution < 1.29 is 67.0 Å². The molecule has 0 aromatic heterocycles. The number of esters is 2. The van der Waals surface area contributed by atoms with Gasteiger partial charge in [-0.15, -0.1) is 11.8 Å². The van der Waals surface area contributed by atoms with Crippen LogP contribution in [0.2, 0.25) is 0 Å². The lowest BCUT2D eigenvalue weighted by Gasteiger charge is -2.41. The number of rotatable bonds is 46. The standard InChI is InChI=1S/C84H119N3O14/c1-63(2)74(80(92)100-83(6,7)8)87-73(90)56-40-54-71(94-58-64-42-28-23-29-43-64)76(96-60-66-46-32-25-33-47-66)78(98-62-68-50-36-27-37-51-68)77(97-61-67-48-34-26-35-49-67)75(95-59-65-44-30-24-31-45-65)70(88)53-38-21-19-17-15-13-12-14-16-18-20-22-39-55-72(89)86-69(79(91)99-82(3,4)5)52-41-57-85-81(93)101-84(9,10)11/h23-37,42-51,63,69-71,74-78,88H,12-20,22,39-41,52-62H2,1-11H3,(H,85,93)(H,86,89)(H,87,90)/t69-,70+,71-,74-,75-,76-,77-,78-/m0/s1. The number of aliphatic hydroxyl groups is 1. The number of unbranched alkanes of at least 4 members (excludes halogenated alkanes) is 10. The quantitative estimate of drug-likeness (QED) is 0.0123. The Kier molecular flexibility index (Phi) is 38.6. The molecular formula is C84H119N3O14. The third kappa shape index (κ3) is 36.8. The molecule has 0 radical (unpaired) electrons. The highest BCUT2D eigenvalue weighted by Crippen LogP contribution is 2.31. The number of benzene rings is 5. The number of aliphatic hydroxyl groups excluding tert-OH is 1. The zero-order chi connectivity index (χ0) is 73.3. The molecule has 0 aliphatic heterocycles. The van der Waals surface area contributed by atoms with Crippen LogP contribution in [0.25, 0.3) is 0 Å². The Labute approximate surface area is 604 Å². The van der Waals surface area contributed by atoms with Crippen LogP contribution in [-0.4, -0.2) is 107 Å². The van der Waals surface area contributed by atoms with Crippen molar-refractivity contribution in [1.29, 1.82) is 0 Å². The molecule has 8 atom stereocenters. The third-order valence-electron chi connectivity index (χ3n) is 16.5. The van der Waals surface area contributed by atoms with E-state index in [9.17, 15) is 29.1 Å². The van der Waals surface area contributed by atoms with E-state index in [0.717, 1.165) is 92.0 Å². The van der Waals surface area contributed by atoms with Gasteiger partial charge in [0.05, 0.1) is 45.2 Å². The number of ether oxygens (including phenoxy) is 8. The van der Waals surface area contributed by atoms with E-state index in [1.807, 2.05) is 166 Å². The summed E-state index contributed by atoms with van der Waals surface area (Å²) in [6.07, 6.45) is 6.37. The number of amides is 3. The van der Waals surface area contributed by atoms with Gasteiger partial charge in [-0.3, -0.25) is 9.59 Å². The van der Waals surface area contributed by atoms with Crippen LogP contribution >= 0.6 is 0 Å². The van der Waals surface area contributed by atoms with Crippen molar-refractivity contribution in [1.82, 2.24) is 16.0 Å². The van der Waals surface area contributed by atoms with Crippen LogP contribution in [0.4, 0.5) is 4.79 Å². The Bertz CT molecular complexity index is 3160. The summed E-state index contributed by atoms with van der Waals surface area (Å²) < 4.78 is 52.4. The largest absolute Gasteiger partial charge is 0.458 e. The fourth-order valence-corrected chi connectivity index (χ4v) is 11.3. The molecule has 101 heavy (non-hydrogen) atoms. The molecule has 0 unspecified atom stereocenters. The van der Waals surface area contributed by atoms with Gasteiger partial charge in [0.1, 0.15) is 53.3 Å². The van der Waals surface area contributed by atoms with Crippen molar-refractivity contribution in [2.45, 2.75) is 290 Å². The van der Waals surface area contributed by atoms with Gasteiger partial charge in [-0.25, -0.2) is 14.4 Å². The van der Waals surface area contributed by atoms with E-state index in [1.54, 1.807) is 62.3 Å².